The van der Waals surface area contributed by atoms with Crippen LogP contribution in [0.25, 0.3) is 0 Å². The fourth-order valence-electron chi connectivity index (χ4n) is 1.22. The lowest BCUT2D eigenvalue weighted by Gasteiger charge is -2.09. The number of nitrogens with zero attached hydrogens (tertiary/aromatic N) is 2. The molecule has 3 nitrogen and oxygen atoms in total. The molecule has 1 aromatic carbocycles. The van der Waals surface area contributed by atoms with Crippen LogP contribution < -0.4 is 4.74 Å². The molecule has 94 valence electrons. The quantitative estimate of drug-likeness (QED) is 0.837. The molecule has 0 N–H and O–H groups in total. The van der Waals surface area contributed by atoms with E-state index in [4.69, 9.17) is 4.74 Å². The third-order valence-corrected chi connectivity index (χ3v) is 2.55. The van der Waals surface area contributed by atoms with Gasteiger partial charge in [-0.3, -0.25) is 0 Å². The highest BCUT2D eigenvalue weighted by atomic mass is 79.9. The molecule has 7 heteroatoms. The fraction of sp³-hybridized carbons (Fsp3) is 0.0909. The molecule has 0 aliphatic carbocycles. The number of hydrogen-bond donors (Lipinski definition) is 0. The van der Waals surface area contributed by atoms with Crippen molar-refractivity contribution in [3.8, 4) is 11.6 Å². The van der Waals surface area contributed by atoms with E-state index in [0.29, 0.717) is 4.47 Å². The Balaban J connectivity index is 2.28. The van der Waals surface area contributed by atoms with Crippen LogP contribution in [0.15, 0.2) is 41.3 Å². The van der Waals surface area contributed by atoms with Crippen LogP contribution in [-0.4, -0.2) is 9.97 Å². The normalized spacial score (nSPS) is 11.3. The zero-order chi connectivity index (χ0) is 13.2. The van der Waals surface area contributed by atoms with E-state index >= 15 is 0 Å². The van der Waals surface area contributed by atoms with Crippen LogP contribution in [0.1, 0.15) is 5.56 Å². The van der Waals surface area contributed by atoms with Crippen molar-refractivity contribution in [2.24, 2.45) is 0 Å². The molecule has 18 heavy (non-hydrogen) atoms. The fourth-order valence-corrected chi connectivity index (χ4v) is 1.53. The van der Waals surface area contributed by atoms with Crippen molar-refractivity contribution >= 4 is 15.9 Å². The second kappa shape index (κ2) is 4.93. The molecule has 0 aliphatic rings. The van der Waals surface area contributed by atoms with Gasteiger partial charge in [-0.25, -0.2) is 9.97 Å². The number of aromatic nitrogens is 2. The molecule has 0 bridgehead atoms. The van der Waals surface area contributed by atoms with Crippen molar-refractivity contribution < 1.29 is 17.9 Å². The van der Waals surface area contributed by atoms with Crippen molar-refractivity contribution in [1.82, 2.24) is 9.97 Å². The second-order valence-electron chi connectivity index (χ2n) is 3.30. The maximum atomic E-state index is 12.5. The summed E-state index contributed by atoms with van der Waals surface area (Å²) in [7, 11) is 0. The average molecular weight is 319 g/mol. The van der Waals surface area contributed by atoms with Gasteiger partial charge in [-0.2, -0.15) is 13.2 Å². The first-order valence-electron chi connectivity index (χ1n) is 4.77. The molecule has 2 aromatic rings. The van der Waals surface area contributed by atoms with E-state index in [1.807, 2.05) is 0 Å². The predicted molar refractivity (Wildman–Crippen MR) is 61.3 cm³/mol. The molecule has 0 amide bonds. The summed E-state index contributed by atoms with van der Waals surface area (Å²) in [6, 6.07) is 4.58. The molecule has 0 spiro atoms. The first kappa shape index (κ1) is 12.8. The SMILES string of the molecule is FC(F)(F)c1cccc(Oc2ncncc2Br)c1. The summed E-state index contributed by atoms with van der Waals surface area (Å²) in [6.45, 7) is 0. The van der Waals surface area contributed by atoms with Gasteiger partial charge in [-0.05, 0) is 34.1 Å². The molecule has 0 unspecified atom stereocenters. The minimum atomic E-state index is -4.40. The third-order valence-electron chi connectivity index (χ3n) is 2.01. The maximum Gasteiger partial charge on any atom is 0.416 e. The van der Waals surface area contributed by atoms with Gasteiger partial charge < -0.3 is 4.74 Å². The van der Waals surface area contributed by atoms with Crippen LogP contribution >= 0.6 is 15.9 Å². The highest BCUT2D eigenvalue weighted by Gasteiger charge is 2.30. The molecule has 0 saturated carbocycles. The Hall–Kier alpha value is -1.63. The average Bonchev–Trinajstić information content (AvgIpc) is 2.31. The van der Waals surface area contributed by atoms with Gasteiger partial charge in [0.2, 0.25) is 5.88 Å². The summed E-state index contributed by atoms with van der Waals surface area (Å²) < 4.78 is 43.2. The van der Waals surface area contributed by atoms with Crippen LogP contribution in [-0.2, 0) is 6.18 Å². The number of rotatable bonds is 2. The van der Waals surface area contributed by atoms with Gasteiger partial charge in [-0.15, -0.1) is 0 Å². The molecule has 1 heterocycles. The lowest BCUT2D eigenvalue weighted by Crippen LogP contribution is -2.04. The summed E-state index contributed by atoms with van der Waals surface area (Å²) in [5.74, 6) is 0.216. The minimum Gasteiger partial charge on any atom is -0.438 e. The lowest BCUT2D eigenvalue weighted by atomic mass is 10.2. The Morgan fingerprint density at radius 3 is 2.67 bits per heavy atom. The zero-order valence-corrected chi connectivity index (χ0v) is 10.4. The van der Waals surface area contributed by atoms with E-state index in [1.165, 1.54) is 24.7 Å². The van der Waals surface area contributed by atoms with Gasteiger partial charge in [0.1, 0.15) is 12.1 Å². The molecule has 2 rings (SSSR count). The van der Waals surface area contributed by atoms with Crippen molar-refractivity contribution in [3.05, 3.63) is 46.8 Å². The Kier molecular flexibility index (Phi) is 3.51. The van der Waals surface area contributed by atoms with Crippen LogP contribution in [0.5, 0.6) is 11.6 Å². The van der Waals surface area contributed by atoms with E-state index in [-0.39, 0.29) is 11.6 Å². The largest absolute Gasteiger partial charge is 0.438 e. The van der Waals surface area contributed by atoms with Crippen molar-refractivity contribution in [3.63, 3.8) is 0 Å². The topological polar surface area (TPSA) is 35.0 Å². The van der Waals surface area contributed by atoms with Gasteiger partial charge in [-0.1, -0.05) is 6.07 Å². The monoisotopic (exact) mass is 318 g/mol. The molecular weight excluding hydrogens is 313 g/mol. The smallest absolute Gasteiger partial charge is 0.416 e. The minimum absolute atomic E-state index is 0.0595. The molecular formula is C11H6BrF3N2O. The summed E-state index contributed by atoms with van der Waals surface area (Å²) in [4.78, 5) is 7.53. The van der Waals surface area contributed by atoms with Crippen molar-refractivity contribution in [1.29, 1.82) is 0 Å². The third kappa shape index (κ3) is 2.98. The molecule has 0 fully saturated rings. The molecule has 0 atom stereocenters. The molecule has 1 aromatic heterocycles. The van der Waals surface area contributed by atoms with Crippen LogP contribution in [0.4, 0.5) is 13.2 Å². The standard InChI is InChI=1S/C11H6BrF3N2O/c12-9-5-16-6-17-10(9)18-8-3-1-2-7(4-8)11(13,14)15/h1-6H. The molecule has 0 aliphatic heterocycles. The van der Waals surface area contributed by atoms with Crippen molar-refractivity contribution in [2.75, 3.05) is 0 Å². The first-order chi connectivity index (χ1) is 8.47. The van der Waals surface area contributed by atoms with E-state index in [9.17, 15) is 13.2 Å². The molecule has 0 saturated heterocycles. The van der Waals surface area contributed by atoms with Gasteiger partial charge in [0.05, 0.1) is 10.0 Å². The van der Waals surface area contributed by atoms with Gasteiger partial charge in [0, 0.05) is 6.20 Å². The highest BCUT2D eigenvalue weighted by Crippen LogP contribution is 2.33. The van der Waals surface area contributed by atoms with Crippen molar-refractivity contribution in [2.45, 2.75) is 6.18 Å². The Morgan fingerprint density at radius 1 is 1.22 bits per heavy atom. The van der Waals surface area contributed by atoms with Gasteiger partial charge in [0.25, 0.3) is 0 Å². The van der Waals surface area contributed by atoms with E-state index in [2.05, 4.69) is 25.9 Å². The van der Waals surface area contributed by atoms with Gasteiger partial charge in [0.15, 0.2) is 0 Å². The Labute approximate surface area is 109 Å². The predicted octanol–water partition coefficient (Wildman–Crippen LogP) is 4.05. The lowest BCUT2D eigenvalue weighted by molar-refractivity contribution is -0.137. The maximum absolute atomic E-state index is 12.5. The molecule has 0 radical (unpaired) electrons. The highest BCUT2D eigenvalue weighted by molar-refractivity contribution is 9.10. The van der Waals surface area contributed by atoms with E-state index in [0.717, 1.165) is 12.1 Å². The first-order valence-corrected chi connectivity index (χ1v) is 5.57. The van der Waals surface area contributed by atoms with E-state index < -0.39 is 11.7 Å². The van der Waals surface area contributed by atoms with Crippen LogP contribution in [0.2, 0.25) is 0 Å². The van der Waals surface area contributed by atoms with Crippen LogP contribution in [0.3, 0.4) is 0 Å². The second-order valence-corrected chi connectivity index (χ2v) is 4.16. The summed E-state index contributed by atoms with van der Waals surface area (Å²) in [5, 5.41) is 0. The van der Waals surface area contributed by atoms with Gasteiger partial charge >= 0.3 is 6.18 Å². The number of ether oxygens (including phenoxy) is 1. The Bertz CT molecular complexity index is 560. The number of alkyl halides is 3. The van der Waals surface area contributed by atoms with E-state index in [1.54, 1.807) is 0 Å². The number of benzene rings is 1. The summed E-state index contributed by atoms with van der Waals surface area (Å²) >= 11 is 3.14. The number of hydrogen-bond acceptors (Lipinski definition) is 3. The number of halogens is 4. The van der Waals surface area contributed by atoms with Crippen LogP contribution in [0, 0.1) is 0 Å². The summed E-state index contributed by atoms with van der Waals surface area (Å²) in [6.07, 6.45) is -1.72. The summed E-state index contributed by atoms with van der Waals surface area (Å²) in [5.41, 5.74) is -0.773. The zero-order valence-electron chi connectivity index (χ0n) is 8.78. The Morgan fingerprint density at radius 2 is 2.00 bits per heavy atom.